The van der Waals surface area contributed by atoms with Gasteiger partial charge < -0.3 is 4.90 Å². The fourth-order valence-corrected chi connectivity index (χ4v) is 1.37. The summed E-state index contributed by atoms with van der Waals surface area (Å²) in [4.78, 5) is 10.4. The molecule has 0 atom stereocenters. The van der Waals surface area contributed by atoms with Gasteiger partial charge in [-0.1, -0.05) is 0 Å². The van der Waals surface area contributed by atoms with Crippen molar-refractivity contribution < 1.29 is 0 Å². The van der Waals surface area contributed by atoms with E-state index in [9.17, 15) is 0 Å². The number of hydrogen-bond acceptors (Lipinski definition) is 4. The highest BCUT2D eigenvalue weighted by molar-refractivity contribution is 5.41. The van der Waals surface area contributed by atoms with E-state index >= 15 is 0 Å². The van der Waals surface area contributed by atoms with Crippen LogP contribution < -0.4 is 4.90 Å². The molecule has 1 fully saturated rings. The van der Waals surface area contributed by atoms with E-state index in [0.29, 0.717) is 0 Å². The van der Waals surface area contributed by atoms with Crippen LogP contribution in [0, 0.1) is 24.2 Å². The molecule has 0 radical (unpaired) electrons. The van der Waals surface area contributed by atoms with E-state index in [1.54, 1.807) is 6.20 Å². The molecule has 1 aromatic rings. The second kappa shape index (κ2) is 3.02. The van der Waals surface area contributed by atoms with E-state index < -0.39 is 0 Å². The number of nitrogens with zero attached hydrogens (tertiary/aromatic N) is 4. The lowest BCUT2D eigenvalue weighted by molar-refractivity contribution is 0.498. The molecule has 13 heavy (non-hydrogen) atoms. The van der Waals surface area contributed by atoms with Crippen LogP contribution in [-0.2, 0) is 0 Å². The van der Waals surface area contributed by atoms with Gasteiger partial charge in [-0.05, 0) is 13.0 Å². The zero-order chi connectivity index (χ0) is 9.26. The van der Waals surface area contributed by atoms with Gasteiger partial charge in [-0.15, -0.1) is 0 Å². The molecule has 0 saturated carbocycles. The standard InChI is InChI=1S/C9H10N4/c1-7-11-3-2-9(12-7)13-5-8(4-10)6-13/h2-3,8H,5-6H2,1H3. The summed E-state index contributed by atoms with van der Waals surface area (Å²) in [6.45, 7) is 3.46. The Morgan fingerprint density at radius 3 is 3.00 bits per heavy atom. The maximum absolute atomic E-state index is 8.60. The largest absolute Gasteiger partial charge is 0.354 e. The van der Waals surface area contributed by atoms with Crippen molar-refractivity contribution in [1.29, 1.82) is 5.26 Å². The summed E-state index contributed by atoms with van der Waals surface area (Å²) >= 11 is 0. The highest BCUT2D eigenvalue weighted by Gasteiger charge is 2.27. The third-order valence-electron chi connectivity index (χ3n) is 2.15. The molecule has 66 valence electrons. The maximum atomic E-state index is 8.60. The van der Waals surface area contributed by atoms with E-state index in [1.807, 2.05) is 13.0 Å². The fraction of sp³-hybridized carbons (Fsp3) is 0.444. The third kappa shape index (κ3) is 1.45. The minimum absolute atomic E-state index is 0.176. The van der Waals surface area contributed by atoms with Crippen LogP contribution in [0.4, 0.5) is 5.82 Å². The summed E-state index contributed by atoms with van der Waals surface area (Å²) in [5, 5.41) is 8.60. The molecule has 0 N–H and O–H groups in total. The molecule has 0 unspecified atom stereocenters. The van der Waals surface area contributed by atoms with Crippen molar-refractivity contribution in [3.63, 3.8) is 0 Å². The number of aryl methyl sites for hydroxylation is 1. The molecule has 0 aliphatic carbocycles. The van der Waals surface area contributed by atoms with E-state index in [-0.39, 0.29) is 5.92 Å². The van der Waals surface area contributed by atoms with Crippen molar-refractivity contribution in [3.8, 4) is 6.07 Å². The van der Waals surface area contributed by atoms with E-state index in [4.69, 9.17) is 5.26 Å². The number of anilines is 1. The SMILES string of the molecule is Cc1nccc(N2CC(C#N)C2)n1. The van der Waals surface area contributed by atoms with Crippen molar-refractivity contribution in [1.82, 2.24) is 9.97 Å². The van der Waals surface area contributed by atoms with Crippen LogP contribution in [0.15, 0.2) is 12.3 Å². The van der Waals surface area contributed by atoms with Crippen LogP contribution in [0.25, 0.3) is 0 Å². The van der Waals surface area contributed by atoms with Crippen LogP contribution in [0.5, 0.6) is 0 Å². The van der Waals surface area contributed by atoms with Crippen LogP contribution in [0.3, 0.4) is 0 Å². The molecule has 4 nitrogen and oxygen atoms in total. The zero-order valence-electron chi connectivity index (χ0n) is 7.44. The van der Waals surface area contributed by atoms with Gasteiger partial charge in [-0.25, -0.2) is 9.97 Å². The second-order valence-electron chi connectivity index (χ2n) is 3.19. The first kappa shape index (κ1) is 7.99. The molecular formula is C9H10N4. The molecule has 0 bridgehead atoms. The second-order valence-corrected chi connectivity index (χ2v) is 3.19. The summed E-state index contributed by atoms with van der Waals surface area (Å²) in [5.41, 5.74) is 0. The summed E-state index contributed by atoms with van der Waals surface area (Å²) in [6, 6.07) is 4.11. The van der Waals surface area contributed by atoms with Crippen molar-refractivity contribution in [3.05, 3.63) is 18.1 Å². The number of hydrogen-bond donors (Lipinski definition) is 0. The van der Waals surface area contributed by atoms with Gasteiger partial charge in [-0.2, -0.15) is 5.26 Å². The normalized spacial score (nSPS) is 16.5. The van der Waals surface area contributed by atoms with Crippen molar-refractivity contribution in [2.45, 2.75) is 6.92 Å². The smallest absolute Gasteiger partial charge is 0.132 e. The molecule has 0 spiro atoms. The van der Waals surface area contributed by atoms with Gasteiger partial charge in [-0.3, -0.25) is 0 Å². The first-order valence-electron chi connectivity index (χ1n) is 4.24. The molecule has 1 saturated heterocycles. The summed E-state index contributed by atoms with van der Waals surface area (Å²) in [6.07, 6.45) is 1.75. The lowest BCUT2D eigenvalue weighted by Crippen LogP contribution is -2.46. The minimum atomic E-state index is 0.176. The fourth-order valence-electron chi connectivity index (χ4n) is 1.37. The number of nitriles is 1. The Morgan fingerprint density at radius 2 is 2.38 bits per heavy atom. The van der Waals surface area contributed by atoms with E-state index in [2.05, 4.69) is 20.9 Å². The molecule has 4 heteroatoms. The van der Waals surface area contributed by atoms with Gasteiger partial charge in [0, 0.05) is 19.3 Å². The Labute approximate surface area is 76.8 Å². The third-order valence-corrected chi connectivity index (χ3v) is 2.15. The van der Waals surface area contributed by atoms with Crippen molar-refractivity contribution >= 4 is 5.82 Å². The minimum Gasteiger partial charge on any atom is -0.354 e. The average Bonchev–Trinajstić information content (AvgIpc) is 2.02. The van der Waals surface area contributed by atoms with Crippen molar-refractivity contribution in [2.75, 3.05) is 18.0 Å². The lowest BCUT2D eigenvalue weighted by atomic mass is 10.0. The van der Waals surface area contributed by atoms with Gasteiger partial charge in [0.15, 0.2) is 0 Å². The van der Waals surface area contributed by atoms with Gasteiger partial charge in [0.1, 0.15) is 11.6 Å². The highest BCUT2D eigenvalue weighted by atomic mass is 15.2. The summed E-state index contributed by atoms with van der Waals surface area (Å²) in [5.74, 6) is 1.88. The molecule has 0 aromatic carbocycles. The molecule has 1 aliphatic rings. The Balaban J connectivity index is 2.08. The topological polar surface area (TPSA) is 52.8 Å². The predicted octanol–water partition coefficient (Wildman–Crippen LogP) is 0.745. The maximum Gasteiger partial charge on any atom is 0.132 e. The molecule has 1 aliphatic heterocycles. The molecule has 2 rings (SSSR count). The molecule has 1 aromatic heterocycles. The van der Waals surface area contributed by atoms with Crippen LogP contribution >= 0.6 is 0 Å². The molecular weight excluding hydrogens is 164 g/mol. The van der Waals surface area contributed by atoms with Gasteiger partial charge in [0.25, 0.3) is 0 Å². The van der Waals surface area contributed by atoms with Crippen LogP contribution in [0.2, 0.25) is 0 Å². The van der Waals surface area contributed by atoms with Gasteiger partial charge in [0.2, 0.25) is 0 Å². The zero-order valence-corrected chi connectivity index (χ0v) is 7.44. The number of aromatic nitrogens is 2. The van der Waals surface area contributed by atoms with Crippen LogP contribution in [0.1, 0.15) is 5.82 Å². The average molecular weight is 174 g/mol. The Bertz CT molecular complexity index is 349. The quantitative estimate of drug-likeness (QED) is 0.630. The number of rotatable bonds is 1. The Hall–Kier alpha value is -1.63. The van der Waals surface area contributed by atoms with Crippen molar-refractivity contribution in [2.24, 2.45) is 5.92 Å². The van der Waals surface area contributed by atoms with Gasteiger partial charge >= 0.3 is 0 Å². The Kier molecular flexibility index (Phi) is 1.85. The first-order valence-corrected chi connectivity index (χ1v) is 4.24. The lowest BCUT2D eigenvalue weighted by Gasteiger charge is -2.36. The highest BCUT2D eigenvalue weighted by Crippen LogP contribution is 2.21. The molecule has 2 heterocycles. The monoisotopic (exact) mass is 174 g/mol. The molecule has 0 amide bonds. The summed E-state index contributed by atoms with van der Waals surface area (Å²) < 4.78 is 0. The predicted molar refractivity (Wildman–Crippen MR) is 48.1 cm³/mol. The summed E-state index contributed by atoms with van der Waals surface area (Å²) in [7, 11) is 0. The van der Waals surface area contributed by atoms with Gasteiger partial charge in [0.05, 0.1) is 12.0 Å². The Morgan fingerprint density at radius 1 is 1.62 bits per heavy atom. The first-order chi connectivity index (χ1) is 6.29. The van der Waals surface area contributed by atoms with E-state index in [1.165, 1.54) is 0 Å². The van der Waals surface area contributed by atoms with E-state index in [0.717, 1.165) is 24.7 Å². The van der Waals surface area contributed by atoms with Crippen LogP contribution in [-0.4, -0.2) is 23.1 Å².